The fourth-order valence-corrected chi connectivity index (χ4v) is 1.61. The molecule has 0 radical (unpaired) electrons. The lowest BCUT2D eigenvalue weighted by molar-refractivity contribution is 0.613. The molecule has 2 rings (SSSR count). The lowest BCUT2D eigenvalue weighted by Crippen LogP contribution is -2.06. The Morgan fingerprint density at radius 3 is 3.07 bits per heavy atom. The fourth-order valence-electron chi connectivity index (χ4n) is 1.47. The molecule has 1 aliphatic rings. The first kappa shape index (κ1) is 10.6. The standard InChI is InChI=1S/C10H13ClFN3/c11-10-14-6-8(12)9(15-10)13-5-1-2-7-3-4-7/h6-7H,1-5H2,(H,13,14,15). The first-order valence-electron chi connectivity index (χ1n) is 5.17. The molecule has 5 heteroatoms. The van der Waals surface area contributed by atoms with E-state index in [2.05, 4.69) is 15.3 Å². The SMILES string of the molecule is Fc1cnc(Cl)nc1NCCCC1CC1. The summed E-state index contributed by atoms with van der Waals surface area (Å²) in [5, 5.41) is 3.00. The zero-order valence-corrected chi connectivity index (χ0v) is 9.10. The van der Waals surface area contributed by atoms with Gasteiger partial charge in [-0.2, -0.15) is 4.98 Å². The van der Waals surface area contributed by atoms with E-state index in [1.165, 1.54) is 19.3 Å². The van der Waals surface area contributed by atoms with Crippen molar-refractivity contribution < 1.29 is 4.39 Å². The maximum atomic E-state index is 13.1. The van der Waals surface area contributed by atoms with Gasteiger partial charge in [-0.3, -0.25) is 0 Å². The zero-order chi connectivity index (χ0) is 10.7. The number of nitrogens with zero attached hydrogens (tertiary/aromatic N) is 2. The third-order valence-corrected chi connectivity index (χ3v) is 2.68. The molecule has 0 saturated heterocycles. The van der Waals surface area contributed by atoms with Gasteiger partial charge in [-0.05, 0) is 30.4 Å². The molecule has 1 aliphatic carbocycles. The Kier molecular flexibility index (Phi) is 3.36. The van der Waals surface area contributed by atoms with Gasteiger partial charge in [-0.15, -0.1) is 0 Å². The lowest BCUT2D eigenvalue weighted by atomic mass is 10.2. The Bertz CT molecular complexity index is 341. The minimum absolute atomic E-state index is 0.0705. The summed E-state index contributed by atoms with van der Waals surface area (Å²) in [7, 11) is 0. The topological polar surface area (TPSA) is 37.8 Å². The summed E-state index contributed by atoms with van der Waals surface area (Å²) in [6.07, 6.45) is 6.05. The van der Waals surface area contributed by atoms with Crippen LogP contribution in [0.4, 0.5) is 10.2 Å². The number of rotatable bonds is 5. The van der Waals surface area contributed by atoms with Crippen LogP contribution >= 0.6 is 11.6 Å². The van der Waals surface area contributed by atoms with Crippen molar-refractivity contribution in [1.82, 2.24) is 9.97 Å². The molecule has 0 aromatic carbocycles. The van der Waals surface area contributed by atoms with Crippen LogP contribution in [0, 0.1) is 11.7 Å². The molecule has 1 aromatic heterocycles. The van der Waals surface area contributed by atoms with Crippen molar-refractivity contribution in [3.05, 3.63) is 17.3 Å². The van der Waals surface area contributed by atoms with E-state index in [1.807, 2.05) is 0 Å². The van der Waals surface area contributed by atoms with Crippen LogP contribution in [0.25, 0.3) is 0 Å². The molecule has 0 bridgehead atoms. The van der Waals surface area contributed by atoms with Crippen LogP contribution in [0.2, 0.25) is 5.28 Å². The van der Waals surface area contributed by atoms with Gasteiger partial charge in [0.25, 0.3) is 0 Å². The van der Waals surface area contributed by atoms with Crippen LogP contribution in [0.5, 0.6) is 0 Å². The van der Waals surface area contributed by atoms with Crippen LogP contribution in [0.15, 0.2) is 6.20 Å². The molecule has 0 atom stereocenters. The zero-order valence-electron chi connectivity index (χ0n) is 8.34. The minimum Gasteiger partial charge on any atom is -0.367 e. The molecule has 1 heterocycles. The second kappa shape index (κ2) is 4.75. The van der Waals surface area contributed by atoms with Gasteiger partial charge in [0, 0.05) is 6.54 Å². The number of aromatic nitrogens is 2. The summed E-state index contributed by atoms with van der Waals surface area (Å²) < 4.78 is 13.1. The summed E-state index contributed by atoms with van der Waals surface area (Å²) in [5.41, 5.74) is 0. The largest absolute Gasteiger partial charge is 0.367 e. The van der Waals surface area contributed by atoms with Gasteiger partial charge in [0.15, 0.2) is 11.6 Å². The second-order valence-corrected chi connectivity index (χ2v) is 4.19. The van der Waals surface area contributed by atoms with Crippen molar-refractivity contribution in [2.24, 2.45) is 5.92 Å². The van der Waals surface area contributed by atoms with Crippen molar-refractivity contribution in [1.29, 1.82) is 0 Å². The molecule has 1 N–H and O–H groups in total. The quantitative estimate of drug-likeness (QED) is 0.623. The molecular formula is C10H13ClFN3. The van der Waals surface area contributed by atoms with Gasteiger partial charge in [0.05, 0.1) is 6.20 Å². The van der Waals surface area contributed by atoms with Gasteiger partial charge >= 0.3 is 0 Å². The van der Waals surface area contributed by atoms with Gasteiger partial charge < -0.3 is 5.32 Å². The lowest BCUT2D eigenvalue weighted by Gasteiger charge is -2.05. The second-order valence-electron chi connectivity index (χ2n) is 3.85. The highest BCUT2D eigenvalue weighted by molar-refractivity contribution is 6.28. The maximum Gasteiger partial charge on any atom is 0.224 e. The molecule has 0 amide bonds. The Balaban J connectivity index is 1.78. The predicted octanol–water partition coefficient (Wildman–Crippen LogP) is 2.87. The smallest absolute Gasteiger partial charge is 0.224 e. The van der Waals surface area contributed by atoms with Gasteiger partial charge in [-0.25, -0.2) is 9.37 Å². The van der Waals surface area contributed by atoms with Crippen LogP contribution in [-0.4, -0.2) is 16.5 Å². The molecular weight excluding hydrogens is 217 g/mol. The third-order valence-electron chi connectivity index (χ3n) is 2.49. The van der Waals surface area contributed by atoms with E-state index in [0.29, 0.717) is 0 Å². The molecule has 0 aliphatic heterocycles. The summed E-state index contributed by atoms with van der Waals surface area (Å²) in [4.78, 5) is 7.32. The van der Waals surface area contributed by atoms with Gasteiger partial charge in [0.2, 0.25) is 5.28 Å². The Morgan fingerprint density at radius 1 is 1.53 bits per heavy atom. The van der Waals surface area contributed by atoms with E-state index >= 15 is 0 Å². The van der Waals surface area contributed by atoms with Crippen molar-refractivity contribution in [3.63, 3.8) is 0 Å². The van der Waals surface area contributed by atoms with Crippen LogP contribution in [0.1, 0.15) is 25.7 Å². The fraction of sp³-hybridized carbons (Fsp3) is 0.600. The van der Waals surface area contributed by atoms with Crippen LogP contribution in [0.3, 0.4) is 0 Å². The number of halogens is 2. The van der Waals surface area contributed by atoms with Crippen LogP contribution < -0.4 is 5.32 Å². The molecule has 82 valence electrons. The number of nitrogens with one attached hydrogen (secondary N) is 1. The van der Waals surface area contributed by atoms with Crippen LogP contribution in [-0.2, 0) is 0 Å². The highest BCUT2D eigenvalue weighted by Crippen LogP contribution is 2.33. The van der Waals surface area contributed by atoms with E-state index in [9.17, 15) is 4.39 Å². The molecule has 1 saturated carbocycles. The predicted molar refractivity (Wildman–Crippen MR) is 57.4 cm³/mol. The van der Waals surface area contributed by atoms with Crippen molar-refractivity contribution in [3.8, 4) is 0 Å². The van der Waals surface area contributed by atoms with E-state index < -0.39 is 5.82 Å². The van der Waals surface area contributed by atoms with E-state index in [4.69, 9.17) is 11.6 Å². The average molecular weight is 230 g/mol. The monoisotopic (exact) mass is 229 g/mol. The Hall–Kier alpha value is -0.900. The first-order chi connectivity index (χ1) is 7.25. The van der Waals surface area contributed by atoms with E-state index in [-0.39, 0.29) is 11.1 Å². The Labute approximate surface area is 93.1 Å². The molecule has 3 nitrogen and oxygen atoms in total. The summed E-state index contributed by atoms with van der Waals surface area (Å²) in [6.45, 7) is 0.737. The van der Waals surface area contributed by atoms with Gasteiger partial charge in [0.1, 0.15) is 0 Å². The molecule has 15 heavy (non-hydrogen) atoms. The molecule has 1 aromatic rings. The summed E-state index contributed by atoms with van der Waals surface area (Å²) >= 11 is 5.56. The number of anilines is 1. The normalized spacial score (nSPS) is 15.3. The van der Waals surface area contributed by atoms with Crippen molar-refractivity contribution in [2.75, 3.05) is 11.9 Å². The van der Waals surface area contributed by atoms with Crippen molar-refractivity contribution in [2.45, 2.75) is 25.7 Å². The molecule has 0 spiro atoms. The van der Waals surface area contributed by atoms with Gasteiger partial charge in [-0.1, -0.05) is 12.8 Å². The molecule has 1 fully saturated rings. The average Bonchev–Trinajstić information content (AvgIpc) is 3.01. The number of hydrogen-bond donors (Lipinski definition) is 1. The summed E-state index contributed by atoms with van der Waals surface area (Å²) in [6, 6.07) is 0. The summed E-state index contributed by atoms with van der Waals surface area (Å²) in [5.74, 6) is 0.655. The highest BCUT2D eigenvalue weighted by atomic mass is 35.5. The Morgan fingerprint density at radius 2 is 2.33 bits per heavy atom. The minimum atomic E-state index is -0.453. The number of hydrogen-bond acceptors (Lipinski definition) is 3. The first-order valence-corrected chi connectivity index (χ1v) is 5.55. The molecule has 0 unspecified atom stereocenters. The van der Waals surface area contributed by atoms with E-state index in [1.54, 1.807) is 0 Å². The van der Waals surface area contributed by atoms with E-state index in [0.717, 1.165) is 25.1 Å². The highest BCUT2D eigenvalue weighted by Gasteiger charge is 2.20. The van der Waals surface area contributed by atoms with Crippen molar-refractivity contribution >= 4 is 17.4 Å². The third kappa shape index (κ3) is 3.30. The maximum absolute atomic E-state index is 13.1.